The Hall–Kier alpha value is -2.87. The first kappa shape index (κ1) is 21.4. The average Bonchev–Trinajstić information content (AvgIpc) is 3.51. The number of methoxy groups -OCH3 is 1. The molecule has 7 nitrogen and oxygen atoms in total. The Labute approximate surface area is 182 Å². The molecule has 0 radical (unpaired) electrons. The molecule has 2 aromatic rings. The number of hydrogen-bond donors (Lipinski definition) is 1. The highest BCUT2D eigenvalue weighted by molar-refractivity contribution is 7.91. The number of nitrogens with zero attached hydrogens (tertiary/aromatic N) is 1. The van der Waals surface area contributed by atoms with Crippen LogP contribution in [0.25, 0.3) is 0 Å². The van der Waals surface area contributed by atoms with Crippen LogP contribution in [0.5, 0.6) is 5.75 Å². The van der Waals surface area contributed by atoms with Crippen LogP contribution in [0.4, 0.5) is 11.4 Å². The molecule has 31 heavy (non-hydrogen) atoms. The maximum absolute atomic E-state index is 12.8. The van der Waals surface area contributed by atoms with Gasteiger partial charge in [-0.3, -0.25) is 9.59 Å². The number of fused-ring (bicyclic) bond motifs is 1. The van der Waals surface area contributed by atoms with E-state index in [1.54, 1.807) is 29.2 Å². The number of hydrogen-bond acceptors (Lipinski definition) is 5. The Bertz CT molecular complexity index is 1140. The predicted octanol–water partition coefficient (Wildman–Crippen LogP) is 3.11. The van der Waals surface area contributed by atoms with E-state index in [-0.39, 0.29) is 28.9 Å². The highest BCUT2D eigenvalue weighted by Crippen LogP contribution is 2.37. The second-order valence-corrected chi connectivity index (χ2v) is 10.2. The first-order valence-electron chi connectivity index (χ1n) is 10.4. The molecule has 1 aliphatic carbocycles. The van der Waals surface area contributed by atoms with Crippen molar-refractivity contribution in [1.82, 2.24) is 0 Å². The maximum atomic E-state index is 12.8. The van der Waals surface area contributed by atoms with E-state index >= 15 is 0 Å². The monoisotopic (exact) mass is 442 g/mol. The average molecular weight is 443 g/mol. The van der Waals surface area contributed by atoms with Crippen molar-refractivity contribution < 1.29 is 22.7 Å². The number of carbonyl (C=O) groups is 2. The van der Waals surface area contributed by atoms with Crippen molar-refractivity contribution in [3.05, 3.63) is 47.5 Å². The SMILES string of the molecule is COc1ccc(C)cc1NC(=O)CCS(=O)(=O)c1ccc2c(c1)CCN2C(=O)C1CC1. The van der Waals surface area contributed by atoms with Crippen LogP contribution in [0, 0.1) is 12.8 Å². The highest BCUT2D eigenvalue weighted by atomic mass is 32.2. The largest absolute Gasteiger partial charge is 0.495 e. The van der Waals surface area contributed by atoms with Crippen molar-refractivity contribution in [3.8, 4) is 5.75 Å². The number of benzene rings is 2. The van der Waals surface area contributed by atoms with Gasteiger partial charge >= 0.3 is 0 Å². The number of anilines is 2. The van der Waals surface area contributed by atoms with Gasteiger partial charge in [-0.25, -0.2) is 8.42 Å². The van der Waals surface area contributed by atoms with Crippen LogP contribution < -0.4 is 15.0 Å². The zero-order valence-electron chi connectivity index (χ0n) is 17.7. The first-order chi connectivity index (χ1) is 14.8. The highest BCUT2D eigenvalue weighted by Gasteiger charge is 2.36. The van der Waals surface area contributed by atoms with Crippen LogP contribution in [0.1, 0.15) is 30.4 Å². The summed E-state index contributed by atoms with van der Waals surface area (Å²) in [6.07, 6.45) is 2.36. The number of carbonyl (C=O) groups excluding carboxylic acids is 2. The molecule has 0 saturated heterocycles. The minimum Gasteiger partial charge on any atom is -0.495 e. The lowest BCUT2D eigenvalue weighted by molar-refractivity contribution is -0.119. The van der Waals surface area contributed by atoms with E-state index in [1.807, 2.05) is 13.0 Å². The fourth-order valence-corrected chi connectivity index (χ4v) is 5.12. The van der Waals surface area contributed by atoms with Crippen LogP contribution >= 0.6 is 0 Å². The number of rotatable bonds is 7. The Balaban J connectivity index is 1.42. The number of sulfone groups is 1. The molecule has 2 aromatic carbocycles. The van der Waals surface area contributed by atoms with Gasteiger partial charge in [-0.05, 0) is 67.6 Å². The molecule has 2 amide bonds. The zero-order chi connectivity index (χ0) is 22.2. The predicted molar refractivity (Wildman–Crippen MR) is 118 cm³/mol. The molecule has 8 heteroatoms. The molecule has 2 aliphatic rings. The second-order valence-electron chi connectivity index (χ2n) is 8.13. The third kappa shape index (κ3) is 4.58. The summed E-state index contributed by atoms with van der Waals surface area (Å²) in [7, 11) is -2.12. The molecule has 1 heterocycles. The fraction of sp³-hybridized carbons (Fsp3) is 0.391. The standard InChI is InChI=1S/C23H26N2O5S/c1-15-3-8-21(30-2)19(13-15)24-22(26)10-12-31(28,29)18-6-7-20-17(14-18)9-11-25(20)23(27)16-4-5-16/h3,6-8,13-14,16H,4-5,9-12H2,1-2H3,(H,24,26). The molecule has 1 N–H and O–H groups in total. The first-order valence-corrected chi connectivity index (χ1v) is 12.1. The van der Waals surface area contributed by atoms with Crippen LogP contribution in [0.3, 0.4) is 0 Å². The summed E-state index contributed by atoms with van der Waals surface area (Å²) in [5.41, 5.74) is 3.14. The van der Waals surface area contributed by atoms with Gasteiger partial charge in [0.2, 0.25) is 11.8 Å². The lowest BCUT2D eigenvalue weighted by Gasteiger charge is -2.17. The normalized spacial score (nSPS) is 15.5. The van der Waals surface area contributed by atoms with Gasteiger partial charge in [0, 0.05) is 24.6 Å². The van der Waals surface area contributed by atoms with Crippen LogP contribution in [0.2, 0.25) is 0 Å². The molecule has 0 unspecified atom stereocenters. The topological polar surface area (TPSA) is 92.8 Å². The molecular formula is C23H26N2O5S. The molecular weight excluding hydrogens is 416 g/mol. The van der Waals surface area contributed by atoms with Crippen molar-refractivity contribution in [2.45, 2.75) is 37.5 Å². The van der Waals surface area contributed by atoms with Crippen molar-refractivity contribution in [2.75, 3.05) is 29.6 Å². The van der Waals surface area contributed by atoms with Gasteiger partial charge in [-0.2, -0.15) is 0 Å². The molecule has 1 saturated carbocycles. The van der Waals surface area contributed by atoms with Crippen LogP contribution in [-0.2, 0) is 25.8 Å². The Morgan fingerprint density at radius 3 is 2.65 bits per heavy atom. The fourth-order valence-electron chi connectivity index (χ4n) is 3.83. The molecule has 0 atom stereocenters. The van der Waals surface area contributed by atoms with E-state index in [2.05, 4.69) is 5.32 Å². The summed E-state index contributed by atoms with van der Waals surface area (Å²) >= 11 is 0. The van der Waals surface area contributed by atoms with E-state index in [0.717, 1.165) is 29.7 Å². The zero-order valence-corrected chi connectivity index (χ0v) is 18.5. The van der Waals surface area contributed by atoms with Crippen LogP contribution in [-0.4, -0.2) is 39.6 Å². The van der Waals surface area contributed by atoms with Gasteiger partial charge in [0.25, 0.3) is 0 Å². The molecule has 0 bridgehead atoms. The Morgan fingerprint density at radius 2 is 1.94 bits per heavy atom. The Morgan fingerprint density at radius 1 is 1.16 bits per heavy atom. The van der Waals surface area contributed by atoms with E-state index in [9.17, 15) is 18.0 Å². The molecule has 1 aliphatic heterocycles. The minimum absolute atomic E-state index is 0.125. The van der Waals surface area contributed by atoms with Gasteiger partial charge < -0.3 is 15.0 Å². The van der Waals surface area contributed by atoms with E-state index in [0.29, 0.717) is 24.4 Å². The van der Waals surface area contributed by atoms with E-state index in [4.69, 9.17) is 4.74 Å². The number of aryl methyl sites for hydroxylation is 1. The number of amides is 2. The quantitative estimate of drug-likeness (QED) is 0.711. The van der Waals surface area contributed by atoms with Crippen LogP contribution in [0.15, 0.2) is 41.3 Å². The van der Waals surface area contributed by atoms with Crippen molar-refractivity contribution in [3.63, 3.8) is 0 Å². The number of nitrogens with one attached hydrogen (secondary N) is 1. The Kier molecular flexibility index (Phi) is 5.75. The summed E-state index contributed by atoms with van der Waals surface area (Å²) in [4.78, 5) is 26.7. The van der Waals surface area contributed by atoms with Gasteiger partial charge in [0.1, 0.15) is 5.75 Å². The second kappa shape index (κ2) is 8.34. The summed E-state index contributed by atoms with van der Waals surface area (Å²) < 4.78 is 30.9. The molecule has 4 rings (SSSR count). The number of ether oxygens (including phenoxy) is 1. The van der Waals surface area contributed by atoms with E-state index in [1.165, 1.54) is 13.2 Å². The molecule has 1 fully saturated rings. The lowest BCUT2D eigenvalue weighted by atomic mass is 10.2. The smallest absolute Gasteiger partial charge is 0.230 e. The van der Waals surface area contributed by atoms with E-state index < -0.39 is 15.7 Å². The van der Waals surface area contributed by atoms with Crippen molar-refractivity contribution in [1.29, 1.82) is 0 Å². The summed E-state index contributed by atoms with van der Waals surface area (Å²) in [6.45, 7) is 2.49. The minimum atomic E-state index is -3.63. The molecule has 164 valence electrons. The third-order valence-corrected chi connectivity index (χ3v) is 7.44. The van der Waals surface area contributed by atoms with Crippen molar-refractivity contribution >= 4 is 33.0 Å². The summed E-state index contributed by atoms with van der Waals surface area (Å²) in [6, 6.07) is 10.3. The molecule has 0 spiro atoms. The van der Waals surface area contributed by atoms with Gasteiger partial charge in [0.05, 0.1) is 23.4 Å². The van der Waals surface area contributed by atoms with Gasteiger partial charge in [0.15, 0.2) is 9.84 Å². The van der Waals surface area contributed by atoms with Crippen molar-refractivity contribution in [2.24, 2.45) is 5.92 Å². The third-order valence-electron chi connectivity index (χ3n) is 5.73. The lowest BCUT2D eigenvalue weighted by Crippen LogP contribution is -2.30. The summed E-state index contributed by atoms with van der Waals surface area (Å²) in [5, 5.41) is 2.73. The maximum Gasteiger partial charge on any atom is 0.230 e. The van der Waals surface area contributed by atoms with Gasteiger partial charge in [-0.15, -0.1) is 0 Å². The molecule has 0 aromatic heterocycles. The van der Waals surface area contributed by atoms with Gasteiger partial charge in [-0.1, -0.05) is 6.07 Å². The summed E-state index contributed by atoms with van der Waals surface area (Å²) in [5.74, 6) is 0.0919.